The Morgan fingerprint density at radius 3 is 2.33 bits per heavy atom. The van der Waals surface area contributed by atoms with Crippen molar-refractivity contribution < 1.29 is 0 Å². The monoisotopic (exact) mass is 203 g/mol. The third kappa shape index (κ3) is 1.67. The van der Waals surface area contributed by atoms with Crippen molar-refractivity contribution in [3.63, 3.8) is 0 Å². The highest BCUT2D eigenvalue weighted by Gasteiger charge is 2.02. The lowest BCUT2D eigenvalue weighted by Crippen LogP contribution is -2.32. The van der Waals surface area contributed by atoms with E-state index in [9.17, 15) is 9.59 Å². The molecule has 3 N–H and O–H groups in total. The van der Waals surface area contributed by atoms with Gasteiger partial charge in [-0.3, -0.25) is 4.79 Å². The fraction of sp³-hybridized carbons (Fsp3) is 0. The standard InChI is InChI=1S/C10H9N3O2/c11-7-1-3-8(4-2-7)13-9(14)5-6-12-10(13)15/h1-6H,11H2,(H,12,15). The van der Waals surface area contributed by atoms with Crippen LogP contribution in [0.2, 0.25) is 0 Å². The van der Waals surface area contributed by atoms with Crippen molar-refractivity contribution in [2.45, 2.75) is 0 Å². The van der Waals surface area contributed by atoms with Gasteiger partial charge in [-0.25, -0.2) is 9.36 Å². The van der Waals surface area contributed by atoms with Crippen molar-refractivity contribution in [2.24, 2.45) is 0 Å². The van der Waals surface area contributed by atoms with Crippen molar-refractivity contribution in [3.8, 4) is 5.69 Å². The molecule has 0 saturated heterocycles. The number of nitrogens with zero attached hydrogens (tertiary/aromatic N) is 1. The average Bonchev–Trinajstić information content (AvgIpc) is 2.20. The molecule has 1 aromatic heterocycles. The normalized spacial score (nSPS) is 10.1. The Morgan fingerprint density at radius 1 is 1.07 bits per heavy atom. The third-order valence-electron chi connectivity index (χ3n) is 2.01. The first-order chi connectivity index (χ1) is 7.18. The summed E-state index contributed by atoms with van der Waals surface area (Å²) >= 11 is 0. The van der Waals surface area contributed by atoms with Crippen LogP contribution in [0, 0.1) is 0 Å². The van der Waals surface area contributed by atoms with Crippen molar-refractivity contribution in [1.82, 2.24) is 9.55 Å². The molecule has 0 aliphatic heterocycles. The molecule has 0 unspecified atom stereocenters. The van der Waals surface area contributed by atoms with Crippen molar-refractivity contribution in [3.05, 3.63) is 57.4 Å². The highest BCUT2D eigenvalue weighted by atomic mass is 16.2. The van der Waals surface area contributed by atoms with Gasteiger partial charge in [-0.05, 0) is 24.3 Å². The molecule has 0 saturated carbocycles. The van der Waals surface area contributed by atoms with Crippen LogP contribution in [0.25, 0.3) is 5.69 Å². The van der Waals surface area contributed by atoms with Crippen LogP contribution in [0.5, 0.6) is 0 Å². The lowest BCUT2D eigenvalue weighted by molar-refractivity contribution is 0.876. The molecule has 0 bridgehead atoms. The minimum atomic E-state index is -0.465. The van der Waals surface area contributed by atoms with Gasteiger partial charge in [0, 0.05) is 18.0 Å². The largest absolute Gasteiger partial charge is 0.399 e. The summed E-state index contributed by atoms with van der Waals surface area (Å²) in [5.74, 6) is 0. The van der Waals surface area contributed by atoms with E-state index >= 15 is 0 Å². The summed E-state index contributed by atoms with van der Waals surface area (Å²) in [6, 6.07) is 7.79. The van der Waals surface area contributed by atoms with Crippen LogP contribution in [-0.2, 0) is 0 Å². The SMILES string of the molecule is Nc1ccc(-n2c(=O)cc[nH]c2=O)cc1. The number of hydrogen-bond donors (Lipinski definition) is 2. The number of nitrogens with two attached hydrogens (primary N) is 1. The molecule has 1 heterocycles. The zero-order valence-electron chi connectivity index (χ0n) is 7.81. The average molecular weight is 203 g/mol. The number of anilines is 1. The fourth-order valence-electron chi connectivity index (χ4n) is 1.29. The molecule has 0 fully saturated rings. The maximum Gasteiger partial charge on any atom is 0.332 e. The molecule has 0 aliphatic carbocycles. The second-order valence-corrected chi connectivity index (χ2v) is 3.05. The molecular formula is C10H9N3O2. The Bertz CT molecular complexity index is 552. The molecule has 0 aliphatic rings. The Kier molecular flexibility index (Phi) is 2.13. The van der Waals surface area contributed by atoms with E-state index < -0.39 is 5.69 Å². The summed E-state index contributed by atoms with van der Waals surface area (Å²) in [5.41, 5.74) is 5.75. The van der Waals surface area contributed by atoms with Crippen molar-refractivity contribution in [2.75, 3.05) is 5.73 Å². The lowest BCUT2D eigenvalue weighted by atomic mass is 10.3. The van der Waals surface area contributed by atoms with Gasteiger partial charge < -0.3 is 10.7 Å². The zero-order chi connectivity index (χ0) is 10.8. The quantitative estimate of drug-likeness (QED) is 0.645. The molecular weight excluding hydrogens is 194 g/mol. The van der Waals surface area contributed by atoms with Gasteiger partial charge in [0.05, 0.1) is 5.69 Å². The first kappa shape index (κ1) is 9.26. The lowest BCUT2D eigenvalue weighted by Gasteiger charge is -2.03. The van der Waals surface area contributed by atoms with Crippen LogP contribution in [-0.4, -0.2) is 9.55 Å². The molecule has 5 nitrogen and oxygen atoms in total. The van der Waals surface area contributed by atoms with Crippen LogP contribution >= 0.6 is 0 Å². The summed E-state index contributed by atoms with van der Waals surface area (Å²) in [6.45, 7) is 0. The highest BCUT2D eigenvalue weighted by molar-refractivity contribution is 5.44. The van der Waals surface area contributed by atoms with Gasteiger partial charge in [-0.1, -0.05) is 0 Å². The van der Waals surface area contributed by atoms with Crippen molar-refractivity contribution >= 4 is 5.69 Å². The number of nitrogen functional groups attached to an aromatic ring is 1. The Morgan fingerprint density at radius 2 is 1.73 bits per heavy atom. The summed E-state index contributed by atoms with van der Waals surface area (Å²) in [6.07, 6.45) is 1.32. The van der Waals surface area contributed by atoms with Gasteiger partial charge in [0.1, 0.15) is 0 Å². The second-order valence-electron chi connectivity index (χ2n) is 3.05. The number of H-pyrrole nitrogens is 1. The maximum atomic E-state index is 11.4. The predicted molar refractivity (Wildman–Crippen MR) is 57.1 cm³/mol. The maximum absolute atomic E-state index is 11.4. The van der Waals surface area contributed by atoms with Gasteiger partial charge in [0.25, 0.3) is 5.56 Å². The van der Waals surface area contributed by atoms with E-state index in [1.807, 2.05) is 0 Å². The van der Waals surface area contributed by atoms with Crippen LogP contribution in [0.3, 0.4) is 0 Å². The zero-order valence-corrected chi connectivity index (χ0v) is 7.81. The Balaban J connectivity index is 2.69. The smallest absolute Gasteiger partial charge is 0.332 e. The van der Waals surface area contributed by atoms with Crippen LogP contribution < -0.4 is 17.0 Å². The molecule has 2 rings (SSSR count). The van der Waals surface area contributed by atoms with Gasteiger partial charge in [0.2, 0.25) is 0 Å². The molecule has 0 amide bonds. The van der Waals surface area contributed by atoms with E-state index in [1.54, 1.807) is 24.3 Å². The van der Waals surface area contributed by atoms with Crippen LogP contribution in [0.4, 0.5) is 5.69 Å². The summed E-state index contributed by atoms with van der Waals surface area (Å²) in [4.78, 5) is 25.3. The number of nitrogens with one attached hydrogen (secondary N) is 1. The van der Waals surface area contributed by atoms with E-state index in [4.69, 9.17) is 5.73 Å². The number of hydrogen-bond acceptors (Lipinski definition) is 3. The topological polar surface area (TPSA) is 80.9 Å². The second kappa shape index (κ2) is 3.45. The number of aromatic nitrogens is 2. The van der Waals surface area contributed by atoms with E-state index in [1.165, 1.54) is 12.3 Å². The number of rotatable bonds is 1. The summed E-state index contributed by atoms with van der Waals surface area (Å²) in [7, 11) is 0. The van der Waals surface area contributed by atoms with Crippen LogP contribution in [0.15, 0.2) is 46.1 Å². The van der Waals surface area contributed by atoms with E-state index in [0.717, 1.165) is 4.57 Å². The number of benzene rings is 1. The minimum absolute atomic E-state index is 0.372. The fourth-order valence-corrected chi connectivity index (χ4v) is 1.29. The van der Waals surface area contributed by atoms with Gasteiger partial charge in [-0.15, -0.1) is 0 Å². The summed E-state index contributed by atoms with van der Waals surface area (Å²) in [5, 5.41) is 0. The van der Waals surface area contributed by atoms with E-state index in [0.29, 0.717) is 11.4 Å². The third-order valence-corrected chi connectivity index (χ3v) is 2.01. The molecule has 0 atom stereocenters. The highest BCUT2D eigenvalue weighted by Crippen LogP contribution is 2.06. The molecule has 0 radical (unpaired) electrons. The number of aromatic amines is 1. The summed E-state index contributed by atoms with van der Waals surface area (Å²) < 4.78 is 1.04. The molecule has 5 heteroatoms. The first-order valence-electron chi connectivity index (χ1n) is 4.35. The first-order valence-corrected chi connectivity index (χ1v) is 4.35. The Labute approximate surface area is 84.8 Å². The molecule has 15 heavy (non-hydrogen) atoms. The molecule has 1 aromatic carbocycles. The van der Waals surface area contributed by atoms with E-state index in [2.05, 4.69) is 4.98 Å². The molecule has 0 spiro atoms. The van der Waals surface area contributed by atoms with Gasteiger partial charge in [0.15, 0.2) is 0 Å². The van der Waals surface area contributed by atoms with Crippen LogP contribution in [0.1, 0.15) is 0 Å². The molecule has 76 valence electrons. The Hall–Kier alpha value is -2.30. The van der Waals surface area contributed by atoms with Gasteiger partial charge >= 0.3 is 5.69 Å². The minimum Gasteiger partial charge on any atom is -0.399 e. The van der Waals surface area contributed by atoms with Gasteiger partial charge in [-0.2, -0.15) is 0 Å². The van der Waals surface area contributed by atoms with Crippen molar-refractivity contribution in [1.29, 1.82) is 0 Å². The molecule has 2 aromatic rings. The predicted octanol–water partition coefficient (Wildman–Crippen LogP) is 0.108. The van der Waals surface area contributed by atoms with E-state index in [-0.39, 0.29) is 5.56 Å².